The average Bonchev–Trinajstić information content (AvgIpc) is 3.49. The quantitative estimate of drug-likeness (QED) is 0.757. The largest absolute Gasteiger partial charge is 0.465 e. The highest BCUT2D eigenvalue weighted by atomic mass is 32.1. The molecule has 0 atom stereocenters. The molecule has 1 N–H and O–H groups in total. The Balaban J connectivity index is 1.36. The minimum absolute atomic E-state index is 0.120. The molecule has 4 rings (SSSR count). The van der Waals surface area contributed by atoms with E-state index in [4.69, 9.17) is 4.74 Å². The van der Waals surface area contributed by atoms with Crippen molar-refractivity contribution in [2.24, 2.45) is 5.92 Å². The van der Waals surface area contributed by atoms with Crippen molar-refractivity contribution in [2.45, 2.75) is 38.5 Å². The van der Waals surface area contributed by atoms with Crippen molar-refractivity contribution in [2.75, 3.05) is 45.2 Å². The standard InChI is InChI=1S/C20H27N3O4S/c1-27-20(26)17-14-4-2-3-5-15(14)28-18(17)21-16(24)12-22-8-10-23(11-9-22)19(25)13-6-7-13/h13H,2-12H2,1H3,(H,21,24). The van der Waals surface area contributed by atoms with Crippen molar-refractivity contribution in [3.63, 3.8) is 0 Å². The van der Waals surface area contributed by atoms with Gasteiger partial charge in [0.25, 0.3) is 0 Å². The average molecular weight is 406 g/mol. The number of hydrogen-bond donors (Lipinski definition) is 1. The summed E-state index contributed by atoms with van der Waals surface area (Å²) in [4.78, 5) is 42.2. The first kappa shape index (κ1) is 19.4. The molecule has 8 heteroatoms. The maximum Gasteiger partial charge on any atom is 0.341 e. The zero-order valence-electron chi connectivity index (χ0n) is 16.3. The zero-order valence-corrected chi connectivity index (χ0v) is 17.1. The second kappa shape index (κ2) is 8.21. The minimum atomic E-state index is -0.373. The lowest BCUT2D eigenvalue weighted by atomic mass is 9.95. The van der Waals surface area contributed by atoms with E-state index in [1.165, 1.54) is 23.3 Å². The lowest BCUT2D eigenvalue weighted by molar-refractivity contribution is -0.134. The summed E-state index contributed by atoms with van der Waals surface area (Å²) < 4.78 is 4.96. The molecule has 1 aromatic heterocycles. The number of nitrogens with zero attached hydrogens (tertiary/aromatic N) is 2. The van der Waals surface area contributed by atoms with Crippen LogP contribution >= 0.6 is 11.3 Å². The Kier molecular flexibility index (Phi) is 5.68. The third kappa shape index (κ3) is 4.07. The summed E-state index contributed by atoms with van der Waals surface area (Å²) >= 11 is 1.51. The van der Waals surface area contributed by atoms with Gasteiger partial charge in [-0.25, -0.2) is 4.79 Å². The topological polar surface area (TPSA) is 79.0 Å². The van der Waals surface area contributed by atoms with Crippen molar-refractivity contribution in [3.05, 3.63) is 16.0 Å². The van der Waals surface area contributed by atoms with Crippen molar-refractivity contribution < 1.29 is 19.1 Å². The summed E-state index contributed by atoms with van der Waals surface area (Å²) in [5.41, 5.74) is 1.58. The summed E-state index contributed by atoms with van der Waals surface area (Å²) in [6, 6.07) is 0. The molecule has 1 aromatic rings. The molecule has 28 heavy (non-hydrogen) atoms. The van der Waals surface area contributed by atoms with Gasteiger partial charge < -0.3 is 15.0 Å². The van der Waals surface area contributed by atoms with Crippen LogP contribution in [0, 0.1) is 5.92 Å². The van der Waals surface area contributed by atoms with Gasteiger partial charge in [0.05, 0.1) is 19.2 Å². The van der Waals surface area contributed by atoms with Crippen molar-refractivity contribution in [3.8, 4) is 0 Å². The first-order valence-electron chi connectivity index (χ1n) is 10.1. The molecule has 1 saturated heterocycles. The van der Waals surface area contributed by atoms with Gasteiger partial charge in [0.2, 0.25) is 11.8 Å². The number of hydrogen-bond acceptors (Lipinski definition) is 6. The van der Waals surface area contributed by atoms with Crippen LogP contribution in [0.1, 0.15) is 46.5 Å². The Morgan fingerprint density at radius 3 is 2.50 bits per heavy atom. The van der Waals surface area contributed by atoms with Crippen LogP contribution in [-0.4, -0.2) is 67.4 Å². The Labute approximate surface area is 169 Å². The van der Waals surface area contributed by atoms with Gasteiger partial charge in [0.15, 0.2) is 0 Å². The maximum atomic E-state index is 12.6. The van der Waals surface area contributed by atoms with Gasteiger partial charge in [-0.3, -0.25) is 14.5 Å². The van der Waals surface area contributed by atoms with Crippen LogP contribution in [0.5, 0.6) is 0 Å². The second-order valence-corrected chi connectivity index (χ2v) is 8.94. The lowest BCUT2D eigenvalue weighted by Crippen LogP contribution is -2.50. The number of anilines is 1. The Morgan fingerprint density at radius 1 is 1.11 bits per heavy atom. The molecule has 2 heterocycles. The summed E-state index contributed by atoms with van der Waals surface area (Å²) in [5, 5.41) is 3.57. The Bertz CT molecular complexity index is 779. The third-order valence-electron chi connectivity index (χ3n) is 5.79. The summed E-state index contributed by atoms with van der Waals surface area (Å²) in [7, 11) is 1.38. The SMILES string of the molecule is COC(=O)c1c(NC(=O)CN2CCN(C(=O)C3CC3)CC2)sc2c1CCCC2. The number of thiophene rings is 1. The number of rotatable bonds is 5. The van der Waals surface area contributed by atoms with Crippen LogP contribution in [0.4, 0.5) is 5.00 Å². The highest BCUT2D eigenvalue weighted by molar-refractivity contribution is 7.17. The van der Waals surface area contributed by atoms with Gasteiger partial charge in [-0.2, -0.15) is 0 Å². The van der Waals surface area contributed by atoms with Crippen LogP contribution in [0.25, 0.3) is 0 Å². The number of amides is 2. The van der Waals surface area contributed by atoms with E-state index in [0.717, 1.165) is 44.1 Å². The number of aryl methyl sites for hydroxylation is 1. The zero-order chi connectivity index (χ0) is 19.7. The molecule has 0 aromatic carbocycles. The van der Waals surface area contributed by atoms with E-state index >= 15 is 0 Å². The van der Waals surface area contributed by atoms with Crippen LogP contribution in [0.3, 0.4) is 0 Å². The third-order valence-corrected chi connectivity index (χ3v) is 7.00. The molecule has 152 valence electrons. The molecular formula is C20H27N3O4S. The van der Waals surface area contributed by atoms with Gasteiger partial charge in [0.1, 0.15) is 5.00 Å². The van der Waals surface area contributed by atoms with Crippen molar-refractivity contribution >= 4 is 34.1 Å². The van der Waals surface area contributed by atoms with E-state index in [2.05, 4.69) is 10.2 Å². The molecule has 0 unspecified atom stereocenters. The lowest BCUT2D eigenvalue weighted by Gasteiger charge is -2.34. The molecule has 1 aliphatic heterocycles. The second-order valence-electron chi connectivity index (χ2n) is 7.83. The van der Waals surface area contributed by atoms with Gasteiger partial charge >= 0.3 is 5.97 Å². The van der Waals surface area contributed by atoms with Gasteiger partial charge in [-0.1, -0.05) is 0 Å². The van der Waals surface area contributed by atoms with E-state index in [1.807, 2.05) is 4.90 Å². The molecule has 2 amide bonds. The number of fused-ring (bicyclic) bond motifs is 1. The molecular weight excluding hydrogens is 378 g/mol. The Hall–Kier alpha value is -1.93. The number of piperazine rings is 1. The van der Waals surface area contributed by atoms with Crippen LogP contribution in [0.2, 0.25) is 0 Å². The highest BCUT2D eigenvalue weighted by Crippen LogP contribution is 2.38. The number of methoxy groups -OCH3 is 1. The number of carbonyl (C=O) groups excluding carboxylic acids is 3. The number of ether oxygens (including phenoxy) is 1. The number of esters is 1. The van der Waals surface area contributed by atoms with Crippen molar-refractivity contribution in [1.82, 2.24) is 9.80 Å². The molecule has 7 nitrogen and oxygen atoms in total. The van der Waals surface area contributed by atoms with Crippen LogP contribution in [-0.2, 0) is 27.2 Å². The summed E-state index contributed by atoms with van der Waals surface area (Å²) in [6.45, 7) is 3.05. The first-order chi connectivity index (χ1) is 13.6. The molecule has 2 fully saturated rings. The highest BCUT2D eigenvalue weighted by Gasteiger charge is 2.35. The van der Waals surface area contributed by atoms with E-state index < -0.39 is 0 Å². The normalized spacial score (nSPS) is 19.8. The minimum Gasteiger partial charge on any atom is -0.465 e. The van der Waals surface area contributed by atoms with E-state index in [0.29, 0.717) is 36.7 Å². The maximum absolute atomic E-state index is 12.6. The monoisotopic (exact) mass is 405 g/mol. The van der Waals surface area contributed by atoms with Crippen molar-refractivity contribution in [1.29, 1.82) is 0 Å². The molecule has 2 aliphatic carbocycles. The summed E-state index contributed by atoms with van der Waals surface area (Å²) in [5.74, 6) is 0.0278. The molecule has 1 saturated carbocycles. The van der Waals surface area contributed by atoms with Gasteiger partial charge in [0, 0.05) is 37.0 Å². The molecule has 0 radical (unpaired) electrons. The number of nitrogens with one attached hydrogen (secondary N) is 1. The van der Waals surface area contributed by atoms with Crippen LogP contribution in [0.15, 0.2) is 0 Å². The predicted octanol–water partition coefficient (Wildman–Crippen LogP) is 1.91. The summed E-state index contributed by atoms with van der Waals surface area (Å²) in [6.07, 6.45) is 6.04. The van der Waals surface area contributed by atoms with Gasteiger partial charge in [-0.05, 0) is 44.1 Å². The predicted molar refractivity (Wildman–Crippen MR) is 107 cm³/mol. The fourth-order valence-electron chi connectivity index (χ4n) is 4.06. The van der Waals surface area contributed by atoms with E-state index in [9.17, 15) is 14.4 Å². The molecule has 0 bridgehead atoms. The number of carbonyl (C=O) groups is 3. The molecule has 3 aliphatic rings. The first-order valence-corrected chi connectivity index (χ1v) is 10.9. The van der Waals surface area contributed by atoms with Gasteiger partial charge in [-0.15, -0.1) is 11.3 Å². The fraction of sp³-hybridized carbons (Fsp3) is 0.650. The Morgan fingerprint density at radius 2 is 1.82 bits per heavy atom. The smallest absolute Gasteiger partial charge is 0.341 e. The fourth-order valence-corrected chi connectivity index (χ4v) is 5.35. The van der Waals surface area contributed by atoms with Crippen LogP contribution < -0.4 is 5.32 Å². The van der Waals surface area contributed by atoms with E-state index in [1.54, 1.807) is 0 Å². The molecule has 0 spiro atoms. The van der Waals surface area contributed by atoms with E-state index in [-0.39, 0.29) is 30.2 Å².